The summed E-state index contributed by atoms with van der Waals surface area (Å²) in [6, 6.07) is 4.22. The molecule has 26 heavy (non-hydrogen) atoms. The smallest absolute Gasteiger partial charge is 0.191 e. The number of thiophene rings is 1. The number of fused-ring (bicyclic) bond motifs is 1. The SMILES string of the molecule is CCNC(=NCCc1cccs1)NCCNc1ncnc2c1cnn2C. The molecule has 138 valence electrons. The molecule has 3 rings (SSSR count). The van der Waals surface area contributed by atoms with Gasteiger partial charge in [-0.15, -0.1) is 11.3 Å². The van der Waals surface area contributed by atoms with Gasteiger partial charge in [-0.3, -0.25) is 9.67 Å². The topological polar surface area (TPSA) is 92.1 Å². The van der Waals surface area contributed by atoms with Crippen molar-refractivity contribution < 1.29 is 0 Å². The molecule has 9 heteroatoms. The van der Waals surface area contributed by atoms with Gasteiger partial charge < -0.3 is 16.0 Å². The van der Waals surface area contributed by atoms with Crippen LogP contribution in [-0.2, 0) is 13.5 Å². The molecule has 0 radical (unpaired) electrons. The first-order valence-corrected chi connectivity index (χ1v) is 9.57. The number of aryl methyl sites for hydroxylation is 1. The van der Waals surface area contributed by atoms with Crippen LogP contribution >= 0.6 is 11.3 Å². The summed E-state index contributed by atoms with van der Waals surface area (Å²) in [5, 5.41) is 17.2. The fourth-order valence-corrected chi connectivity index (χ4v) is 3.24. The van der Waals surface area contributed by atoms with Crippen molar-refractivity contribution in [3.05, 3.63) is 34.9 Å². The van der Waals surface area contributed by atoms with Gasteiger partial charge in [0, 0.05) is 44.5 Å². The minimum atomic E-state index is 0.719. The fourth-order valence-electron chi connectivity index (χ4n) is 2.54. The van der Waals surface area contributed by atoms with E-state index in [1.54, 1.807) is 28.5 Å². The van der Waals surface area contributed by atoms with Crippen molar-refractivity contribution in [1.82, 2.24) is 30.4 Å². The number of aromatic nitrogens is 4. The molecule has 0 aliphatic carbocycles. The maximum Gasteiger partial charge on any atom is 0.191 e. The number of aliphatic imine (C=N–C) groups is 1. The highest BCUT2D eigenvalue weighted by Crippen LogP contribution is 2.17. The number of guanidine groups is 1. The minimum Gasteiger partial charge on any atom is -0.368 e. The summed E-state index contributed by atoms with van der Waals surface area (Å²) in [4.78, 5) is 14.5. The zero-order valence-electron chi connectivity index (χ0n) is 15.1. The second-order valence-corrected chi connectivity index (χ2v) is 6.70. The molecule has 0 saturated carbocycles. The standard InChI is InChI=1S/C17H24N8S/c1-3-18-17(20-7-6-13-5-4-10-26-13)21-9-8-19-15-14-11-24-25(2)16(14)23-12-22-15/h4-5,10-12H,3,6-9H2,1-2H3,(H2,18,20,21)(H,19,22,23). The molecule has 3 aromatic heterocycles. The first-order chi connectivity index (χ1) is 12.8. The van der Waals surface area contributed by atoms with E-state index in [4.69, 9.17) is 0 Å². The maximum atomic E-state index is 4.62. The fraction of sp³-hybridized carbons (Fsp3) is 0.412. The largest absolute Gasteiger partial charge is 0.368 e. The van der Waals surface area contributed by atoms with E-state index in [2.05, 4.69) is 60.4 Å². The third kappa shape index (κ3) is 4.69. The molecule has 0 aliphatic heterocycles. The lowest BCUT2D eigenvalue weighted by Gasteiger charge is -2.12. The Morgan fingerprint density at radius 3 is 3.00 bits per heavy atom. The van der Waals surface area contributed by atoms with E-state index >= 15 is 0 Å². The van der Waals surface area contributed by atoms with Crippen LogP contribution in [0.4, 0.5) is 5.82 Å². The van der Waals surface area contributed by atoms with Gasteiger partial charge in [0.05, 0.1) is 11.6 Å². The van der Waals surface area contributed by atoms with Gasteiger partial charge in [0.25, 0.3) is 0 Å². The Morgan fingerprint density at radius 2 is 2.19 bits per heavy atom. The molecule has 8 nitrogen and oxygen atoms in total. The van der Waals surface area contributed by atoms with Crippen molar-refractivity contribution in [1.29, 1.82) is 0 Å². The predicted molar refractivity (Wildman–Crippen MR) is 107 cm³/mol. The van der Waals surface area contributed by atoms with Crippen LogP contribution in [0.25, 0.3) is 11.0 Å². The van der Waals surface area contributed by atoms with Crippen LogP contribution in [0, 0.1) is 0 Å². The summed E-state index contributed by atoms with van der Waals surface area (Å²) in [7, 11) is 1.87. The van der Waals surface area contributed by atoms with Crippen LogP contribution in [0.1, 0.15) is 11.8 Å². The van der Waals surface area contributed by atoms with E-state index in [-0.39, 0.29) is 0 Å². The van der Waals surface area contributed by atoms with Gasteiger partial charge in [0.15, 0.2) is 11.6 Å². The Labute approximate surface area is 156 Å². The van der Waals surface area contributed by atoms with Crippen LogP contribution < -0.4 is 16.0 Å². The molecule has 0 aliphatic rings. The summed E-state index contributed by atoms with van der Waals surface area (Å²) >= 11 is 1.77. The predicted octanol–water partition coefficient (Wildman–Crippen LogP) is 1.63. The molecule has 3 heterocycles. The number of anilines is 1. The van der Waals surface area contributed by atoms with Crippen molar-refractivity contribution in [2.75, 3.05) is 31.5 Å². The Bertz CT molecular complexity index is 840. The molecule has 3 aromatic rings. The molecule has 0 unspecified atom stereocenters. The highest BCUT2D eigenvalue weighted by molar-refractivity contribution is 7.09. The van der Waals surface area contributed by atoms with Crippen LogP contribution in [-0.4, -0.2) is 51.9 Å². The lowest BCUT2D eigenvalue weighted by molar-refractivity contribution is 0.785. The summed E-state index contributed by atoms with van der Waals surface area (Å²) in [6.07, 6.45) is 4.30. The molecule has 3 N–H and O–H groups in total. The summed E-state index contributed by atoms with van der Waals surface area (Å²) in [5.74, 6) is 1.63. The van der Waals surface area contributed by atoms with Crippen molar-refractivity contribution in [3.63, 3.8) is 0 Å². The number of nitrogens with one attached hydrogen (secondary N) is 3. The third-order valence-corrected chi connectivity index (χ3v) is 4.73. The normalized spacial score (nSPS) is 11.7. The van der Waals surface area contributed by atoms with E-state index < -0.39 is 0 Å². The second kappa shape index (κ2) is 9.14. The third-order valence-electron chi connectivity index (χ3n) is 3.79. The Morgan fingerprint density at radius 1 is 1.27 bits per heavy atom. The molecule has 0 atom stereocenters. The number of hydrogen-bond acceptors (Lipinski definition) is 6. The van der Waals surface area contributed by atoms with E-state index in [1.807, 2.05) is 7.05 Å². The molecule has 0 fully saturated rings. The summed E-state index contributed by atoms with van der Waals surface area (Å²) in [6.45, 7) is 5.12. The van der Waals surface area contributed by atoms with E-state index in [9.17, 15) is 0 Å². The van der Waals surface area contributed by atoms with Crippen LogP contribution in [0.15, 0.2) is 35.0 Å². The van der Waals surface area contributed by atoms with Crippen molar-refractivity contribution in [3.8, 4) is 0 Å². The highest BCUT2D eigenvalue weighted by atomic mass is 32.1. The van der Waals surface area contributed by atoms with Crippen LogP contribution in [0.2, 0.25) is 0 Å². The molecule has 0 aromatic carbocycles. The Kier molecular flexibility index (Phi) is 6.37. The molecule has 0 saturated heterocycles. The van der Waals surface area contributed by atoms with Gasteiger partial charge in [-0.2, -0.15) is 5.10 Å². The quantitative estimate of drug-likeness (QED) is 0.316. The zero-order chi connectivity index (χ0) is 18.2. The first kappa shape index (κ1) is 18.1. The maximum absolute atomic E-state index is 4.62. The minimum absolute atomic E-state index is 0.719. The second-order valence-electron chi connectivity index (χ2n) is 5.67. The molecule has 0 spiro atoms. The number of rotatable bonds is 8. The number of nitrogens with zero attached hydrogens (tertiary/aromatic N) is 5. The van der Waals surface area contributed by atoms with Crippen molar-refractivity contribution in [2.24, 2.45) is 12.0 Å². The average molecular weight is 373 g/mol. The molecular formula is C17H24N8S. The highest BCUT2D eigenvalue weighted by Gasteiger charge is 2.07. The Balaban J connectivity index is 1.48. The van der Waals surface area contributed by atoms with E-state index in [0.717, 1.165) is 55.4 Å². The Hall–Kier alpha value is -2.68. The van der Waals surface area contributed by atoms with Gasteiger partial charge in [0.1, 0.15) is 12.1 Å². The van der Waals surface area contributed by atoms with Gasteiger partial charge >= 0.3 is 0 Å². The monoisotopic (exact) mass is 372 g/mol. The van der Waals surface area contributed by atoms with Gasteiger partial charge in [0.2, 0.25) is 0 Å². The van der Waals surface area contributed by atoms with E-state index in [0.29, 0.717) is 0 Å². The average Bonchev–Trinajstić information content (AvgIpc) is 3.29. The van der Waals surface area contributed by atoms with Gasteiger partial charge in [-0.25, -0.2) is 9.97 Å². The van der Waals surface area contributed by atoms with Crippen molar-refractivity contribution >= 4 is 34.1 Å². The molecule has 0 amide bonds. The zero-order valence-corrected chi connectivity index (χ0v) is 15.9. The van der Waals surface area contributed by atoms with Gasteiger partial charge in [-0.1, -0.05) is 6.07 Å². The molecular weight excluding hydrogens is 348 g/mol. The van der Waals surface area contributed by atoms with Gasteiger partial charge in [-0.05, 0) is 18.4 Å². The lowest BCUT2D eigenvalue weighted by Crippen LogP contribution is -2.39. The van der Waals surface area contributed by atoms with Crippen LogP contribution in [0.3, 0.4) is 0 Å². The van der Waals surface area contributed by atoms with Crippen LogP contribution in [0.5, 0.6) is 0 Å². The van der Waals surface area contributed by atoms with E-state index in [1.165, 1.54) is 4.88 Å². The molecule has 0 bridgehead atoms. The summed E-state index contributed by atoms with van der Waals surface area (Å²) < 4.78 is 1.74. The number of hydrogen-bond donors (Lipinski definition) is 3. The first-order valence-electron chi connectivity index (χ1n) is 8.69. The lowest BCUT2D eigenvalue weighted by atomic mass is 10.3. The van der Waals surface area contributed by atoms with Crippen molar-refractivity contribution in [2.45, 2.75) is 13.3 Å². The summed E-state index contributed by atoms with van der Waals surface area (Å²) in [5.41, 5.74) is 0.818.